The van der Waals surface area contributed by atoms with Gasteiger partial charge >= 0.3 is 0 Å². The zero-order valence-corrected chi connectivity index (χ0v) is 23.6. The van der Waals surface area contributed by atoms with Gasteiger partial charge in [-0.15, -0.1) is 0 Å². The van der Waals surface area contributed by atoms with Crippen molar-refractivity contribution in [2.45, 2.75) is 32.6 Å². The summed E-state index contributed by atoms with van der Waals surface area (Å²) in [5.41, 5.74) is 4.98. The standard InChI is InChI=1S/C33H37N3O4/c1-22-18-36(23(2)20-37)33(39)31-30(27-16-10-11-17-28(27)35(31)4)26-15-9-8-14-25(26)21-40-29(22)19-34(3)32(38)24-12-6-5-7-13-24/h5-17,22-23,29,37H,18-21H2,1-4H3/t22-,23-,29-/m0/s1. The maximum Gasteiger partial charge on any atom is 0.271 e. The molecule has 7 heteroatoms. The zero-order chi connectivity index (χ0) is 28.4. The third kappa shape index (κ3) is 5.15. The molecule has 1 aliphatic rings. The highest BCUT2D eigenvalue weighted by Gasteiger charge is 2.34. The molecule has 5 rings (SSSR count). The van der Waals surface area contributed by atoms with E-state index in [0.29, 0.717) is 31.0 Å². The smallest absolute Gasteiger partial charge is 0.271 e. The number of aliphatic hydroxyl groups excluding tert-OH is 1. The summed E-state index contributed by atoms with van der Waals surface area (Å²) in [4.78, 5) is 31.0. The molecule has 0 saturated heterocycles. The molecule has 7 nitrogen and oxygen atoms in total. The number of aliphatic hydroxyl groups is 1. The van der Waals surface area contributed by atoms with Gasteiger partial charge in [0, 0.05) is 55.1 Å². The van der Waals surface area contributed by atoms with E-state index in [4.69, 9.17) is 4.74 Å². The monoisotopic (exact) mass is 539 g/mol. The van der Waals surface area contributed by atoms with Gasteiger partial charge < -0.3 is 24.2 Å². The zero-order valence-electron chi connectivity index (χ0n) is 23.6. The van der Waals surface area contributed by atoms with Gasteiger partial charge in [-0.3, -0.25) is 9.59 Å². The molecule has 2 amide bonds. The second-order valence-electron chi connectivity index (χ2n) is 10.8. The van der Waals surface area contributed by atoms with E-state index in [0.717, 1.165) is 27.6 Å². The number of amides is 2. The Morgan fingerprint density at radius 1 is 1.05 bits per heavy atom. The fourth-order valence-corrected chi connectivity index (χ4v) is 5.68. The number of nitrogens with zero attached hydrogens (tertiary/aromatic N) is 3. The number of carbonyl (C=O) groups is 2. The summed E-state index contributed by atoms with van der Waals surface area (Å²) in [5.74, 6) is -0.333. The molecule has 3 aromatic carbocycles. The number of fused-ring (bicyclic) bond motifs is 5. The molecule has 0 spiro atoms. The average Bonchev–Trinajstić information content (AvgIpc) is 3.28. The van der Waals surface area contributed by atoms with Crippen LogP contribution in [0.4, 0.5) is 0 Å². The minimum atomic E-state index is -0.402. The van der Waals surface area contributed by atoms with Crippen LogP contribution in [0, 0.1) is 5.92 Å². The average molecular weight is 540 g/mol. The van der Waals surface area contributed by atoms with Crippen LogP contribution in [0.25, 0.3) is 22.0 Å². The summed E-state index contributed by atoms with van der Waals surface area (Å²) in [7, 11) is 3.71. The molecule has 0 radical (unpaired) electrons. The number of likely N-dealkylation sites (N-methyl/N-ethyl adjacent to an activating group) is 1. The van der Waals surface area contributed by atoms with Crippen LogP contribution in [0.5, 0.6) is 0 Å². The lowest BCUT2D eigenvalue weighted by atomic mass is 9.96. The number of aromatic nitrogens is 1. The number of rotatable bonds is 5. The predicted octanol–water partition coefficient (Wildman–Crippen LogP) is 4.98. The van der Waals surface area contributed by atoms with Crippen molar-refractivity contribution >= 4 is 22.7 Å². The number of carbonyl (C=O) groups excluding carboxylic acids is 2. The Kier molecular flexibility index (Phi) is 8.05. The number of ether oxygens (including phenoxy) is 1. The van der Waals surface area contributed by atoms with Crippen LogP contribution in [-0.2, 0) is 18.4 Å². The van der Waals surface area contributed by atoms with E-state index in [9.17, 15) is 14.7 Å². The van der Waals surface area contributed by atoms with E-state index in [-0.39, 0.29) is 30.4 Å². The lowest BCUT2D eigenvalue weighted by Crippen LogP contribution is -2.48. The van der Waals surface area contributed by atoms with E-state index >= 15 is 0 Å². The first-order valence-corrected chi connectivity index (χ1v) is 13.8. The van der Waals surface area contributed by atoms with Crippen molar-refractivity contribution in [1.29, 1.82) is 0 Å². The van der Waals surface area contributed by atoms with Gasteiger partial charge in [0.05, 0.1) is 25.4 Å². The Labute approximate surface area is 235 Å². The topological polar surface area (TPSA) is 75.0 Å². The van der Waals surface area contributed by atoms with Crippen molar-refractivity contribution in [3.05, 3.63) is 95.7 Å². The number of hydrogen-bond donors (Lipinski definition) is 1. The third-order valence-electron chi connectivity index (χ3n) is 8.05. The fourth-order valence-electron chi connectivity index (χ4n) is 5.68. The lowest BCUT2D eigenvalue weighted by Gasteiger charge is -2.35. The first-order chi connectivity index (χ1) is 19.3. The van der Waals surface area contributed by atoms with Crippen LogP contribution in [0.2, 0.25) is 0 Å². The lowest BCUT2D eigenvalue weighted by molar-refractivity contribution is -0.0210. The normalized spacial score (nSPS) is 18.5. The maximum absolute atomic E-state index is 14.4. The van der Waals surface area contributed by atoms with E-state index in [1.165, 1.54) is 0 Å². The molecule has 1 N–H and O–H groups in total. The highest BCUT2D eigenvalue weighted by molar-refractivity contribution is 6.10. The van der Waals surface area contributed by atoms with Crippen LogP contribution in [0.1, 0.15) is 40.3 Å². The summed E-state index contributed by atoms with van der Waals surface area (Å²) in [6.45, 7) is 4.82. The van der Waals surface area contributed by atoms with Gasteiger partial charge in [0.1, 0.15) is 5.69 Å². The third-order valence-corrected chi connectivity index (χ3v) is 8.05. The Morgan fingerprint density at radius 2 is 1.73 bits per heavy atom. The quantitative estimate of drug-likeness (QED) is 0.388. The molecule has 0 bridgehead atoms. The second-order valence-corrected chi connectivity index (χ2v) is 10.8. The fraction of sp³-hybridized carbons (Fsp3) is 0.333. The second kappa shape index (κ2) is 11.7. The molecule has 0 saturated carbocycles. The summed E-state index contributed by atoms with van der Waals surface area (Å²) >= 11 is 0. The van der Waals surface area contributed by atoms with Gasteiger partial charge in [0.25, 0.3) is 11.8 Å². The van der Waals surface area contributed by atoms with Gasteiger partial charge in [-0.2, -0.15) is 0 Å². The van der Waals surface area contributed by atoms with Gasteiger partial charge in [-0.25, -0.2) is 0 Å². The molecular formula is C33H37N3O4. The number of aryl methyl sites for hydroxylation is 1. The number of hydrogen-bond acceptors (Lipinski definition) is 4. The predicted molar refractivity (Wildman–Crippen MR) is 157 cm³/mol. The van der Waals surface area contributed by atoms with Crippen molar-refractivity contribution in [2.24, 2.45) is 13.0 Å². The van der Waals surface area contributed by atoms with Crippen molar-refractivity contribution in [3.8, 4) is 11.1 Å². The van der Waals surface area contributed by atoms with Gasteiger partial charge in [-0.1, -0.05) is 67.6 Å². The Balaban J connectivity index is 1.60. The van der Waals surface area contributed by atoms with Crippen molar-refractivity contribution in [1.82, 2.24) is 14.4 Å². The van der Waals surface area contributed by atoms with Gasteiger partial charge in [-0.05, 0) is 36.2 Å². The summed E-state index contributed by atoms with van der Waals surface area (Å²) in [5, 5.41) is 11.2. The van der Waals surface area contributed by atoms with Crippen LogP contribution >= 0.6 is 0 Å². The van der Waals surface area contributed by atoms with Gasteiger partial charge in [0.2, 0.25) is 0 Å². The first-order valence-electron chi connectivity index (χ1n) is 13.8. The number of benzene rings is 3. The molecule has 0 fully saturated rings. The van der Waals surface area contributed by atoms with E-state index in [2.05, 4.69) is 0 Å². The summed E-state index contributed by atoms with van der Waals surface area (Å²) in [6.07, 6.45) is -0.343. The molecule has 0 unspecified atom stereocenters. The minimum Gasteiger partial charge on any atom is -0.394 e. The van der Waals surface area contributed by atoms with Crippen molar-refractivity contribution in [2.75, 3.05) is 26.7 Å². The van der Waals surface area contributed by atoms with Crippen LogP contribution in [-0.4, -0.2) is 70.2 Å². The van der Waals surface area contributed by atoms with Crippen LogP contribution in [0.3, 0.4) is 0 Å². The van der Waals surface area contributed by atoms with Crippen LogP contribution < -0.4 is 0 Å². The maximum atomic E-state index is 14.4. The molecule has 2 heterocycles. The Bertz CT molecular complexity index is 1510. The minimum absolute atomic E-state index is 0.0818. The molecule has 40 heavy (non-hydrogen) atoms. The van der Waals surface area contributed by atoms with E-state index in [1.54, 1.807) is 16.8 Å². The molecule has 1 aromatic heterocycles. The molecule has 0 aliphatic carbocycles. The van der Waals surface area contributed by atoms with E-state index < -0.39 is 6.04 Å². The largest absolute Gasteiger partial charge is 0.394 e. The summed E-state index contributed by atoms with van der Waals surface area (Å²) < 4.78 is 8.57. The SMILES string of the molecule is C[C@H]1CN([C@@H](C)CO)C(=O)c2c(c3ccccc3n2C)-c2ccccc2CO[C@H]1CN(C)C(=O)c1ccccc1. The Hall–Kier alpha value is -3.94. The van der Waals surface area contributed by atoms with E-state index in [1.807, 2.05) is 104 Å². The van der Waals surface area contributed by atoms with Crippen molar-refractivity contribution in [3.63, 3.8) is 0 Å². The van der Waals surface area contributed by atoms with Crippen LogP contribution in [0.15, 0.2) is 78.9 Å². The highest BCUT2D eigenvalue weighted by atomic mass is 16.5. The van der Waals surface area contributed by atoms with Crippen molar-refractivity contribution < 1.29 is 19.4 Å². The number of para-hydroxylation sites is 1. The summed E-state index contributed by atoms with van der Waals surface area (Å²) in [6, 6.07) is 24.9. The molecule has 208 valence electrons. The van der Waals surface area contributed by atoms with Gasteiger partial charge in [0.15, 0.2) is 0 Å². The highest BCUT2D eigenvalue weighted by Crippen LogP contribution is 2.38. The molecule has 4 aromatic rings. The Morgan fingerprint density at radius 3 is 2.48 bits per heavy atom. The molecule has 3 atom stereocenters. The first kappa shape index (κ1) is 27.6. The molecular weight excluding hydrogens is 502 g/mol. The molecule has 1 aliphatic heterocycles.